The van der Waals surface area contributed by atoms with Crippen LogP contribution in [0.5, 0.6) is 5.88 Å². The number of thiophene rings is 1. The van der Waals surface area contributed by atoms with E-state index in [0.717, 1.165) is 29.5 Å². The van der Waals surface area contributed by atoms with E-state index in [0.29, 0.717) is 21.6 Å². The van der Waals surface area contributed by atoms with Gasteiger partial charge >= 0.3 is 0 Å². The first-order valence-electron chi connectivity index (χ1n) is 8.75. The number of anilines is 1. The summed E-state index contributed by atoms with van der Waals surface area (Å²) in [7, 11) is 0. The summed E-state index contributed by atoms with van der Waals surface area (Å²) < 4.78 is 5.76. The number of hydrogen-bond acceptors (Lipinski definition) is 5. The van der Waals surface area contributed by atoms with Crippen molar-refractivity contribution in [3.05, 3.63) is 45.0 Å². The summed E-state index contributed by atoms with van der Waals surface area (Å²) >= 11 is 13.9. The Labute approximate surface area is 170 Å². The number of nitrogens with one attached hydrogen (secondary N) is 1. The third kappa shape index (κ3) is 3.88. The Morgan fingerprint density at radius 2 is 1.93 bits per heavy atom. The maximum atomic E-state index is 12.3. The molecule has 2 heterocycles. The molecule has 27 heavy (non-hydrogen) atoms. The van der Waals surface area contributed by atoms with Gasteiger partial charge in [0, 0.05) is 4.88 Å². The summed E-state index contributed by atoms with van der Waals surface area (Å²) in [5.41, 5.74) is 1.66. The number of carbonyl (C=O) groups is 1. The van der Waals surface area contributed by atoms with Gasteiger partial charge in [-0.2, -0.15) is 0 Å². The highest BCUT2D eigenvalue weighted by molar-refractivity contribution is 7.18. The highest BCUT2D eigenvalue weighted by atomic mass is 35.5. The Balaban J connectivity index is 1.54. The summed E-state index contributed by atoms with van der Waals surface area (Å²) in [6, 6.07) is 5.05. The Hall–Kier alpha value is -1.89. The van der Waals surface area contributed by atoms with Gasteiger partial charge in [-0.15, -0.1) is 11.3 Å². The zero-order chi connectivity index (χ0) is 18.8. The van der Waals surface area contributed by atoms with Crippen molar-refractivity contribution in [2.45, 2.75) is 32.1 Å². The van der Waals surface area contributed by atoms with E-state index >= 15 is 0 Å². The van der Waals surface area contributed by atoms with Crippen LogP contribution in [0.4, 0.5) is 5.69 Å². The molecular formula is C19H17Cl2N3O2S. The Morgan fingerprint density at radius 1 is 1.15 bits per heavy atom. The number of carbonyl (C=O) groups excluding carboxylic acids is 1. The number of halogens is 2. The Morgan fingerprint density at radius 3 is 2.74 bits per heavy atom. The second kappa shape index (κ2) is 8.00. The largest absolute Gasteiger partial charge is 0.467 e. The molecule has 0 bridgehead atoms. The monoisotopic (exact) mass is 421 g/mol. The molecule has 140 valence electrons. The summed E-state index contributed by atoms with van der Waals surface area (Å²) in [6.07, 6.45) is 7.13. The van der Waals surface area contributed by atoms with Gasteiger partial charge in [-0.1, -0.05) is 35.7 Å². The number of rotatable bonds is 4. The zero-order valence-corrected chi connectivity index (χ0v) is 16.8. The van der Waals surface area contributed by atoms with Crippen LogP contribution in [0.3, 0.4) is 0 Å². The van der Waals surface area contributed by atoms with E-state index in [9.17, 15) is 4.79 Å². The number of benzene rings is 1. The van der Waals surface area contributed by atoms with Gasteiger partial charge in [0.05, 0.1) is 21.1 Å². The van der Waals surface area contributed by atoms with Crippen LogP contribution in [0.15, 0.2) is 24.5 Å². The van der Waals surface area contributed by atoms with Gasteiger partial charge in [-0.05, 0) is 43.4 Å². The minimum Gasteiger partial charge on any atom is -0.467 e. The molecule has 0 atom stereocenters. The summed E-state index contributed by atoms with van der Waals surface area (Å²) in [5, 5.41) is 4.40. The molecule has 0 radical (unpaired) electrons. The van der Waals surface area contributed by atoms with E-state index in [2.05, 4.69) is 15.3 Å². The topological polar surface area (TPSA) is 64.1 Å². The lowest BCUT2D eigenvalue weighted by molar-refractivity contribution is -0.118. The number of ether oxygens (including phenoxy) is 1. The summed E-state index contributed by atoms with van der Waals surface area (Å²) in [5.74, 6) is 0.109. The predicted molar refractivity (Wildman–Crippen MR) is 109 cm³/mol. The van der Waals surface area contributed by atoms with E-state index < -0.39 is 0 Å². The Bertz CT molecular complexity index is 986. The summed E-state index contributed by atoms with van der Waals surface area (Å²) in [4.78, 5) is 23.3. The van der Waals surface area contributed by atoms with Gasteiger partial charge in [0.25, 0.3) is 5.91 Å². The minimum atomic E-state index is -0.349. The molecular weight excluding hydrogens is 405 g/mol. The van der Waals surface area contributed by atoms with Gasteiger partial charge < -0.3 is 10.1 Å². The molecule has 1 aliphatic carbocycles. The van der Waals surface area contributed by atoms with E-state index in [-0.39, 0.29) is 12.5 Å². The predicted octanol–water partition coefficient (Wildman–Crippen LogP) is 5.28. The van der Waals surface area contributed by atoms with Crippen LogP contribution < -0.4 is 10.1 Å². The van der Waals surface area contributed by atoms with Gasteiger partial charge in [-0.25, -0.2) is 9.97 Å². The lowest BCUT2D eigenvalue weighted by atomic mass is 10.1. The van der Waals surface area contributed by atoms with E-state index in [4.69, 9.17) is 27.9 Å². The van der Waals surface area contributed by atoms with Crippen molar-refractivity contribution in [2.75, 3.05) is 11.9 Å². The van der Waals surface area contributed by atoms with E-state index in [1.54, 1.807) is 29.5 Å². The molecule has 0 saturated carbocycles. The molecule has 2 aromatic heterocycles. The number of amides is 1. The van der Waals surface area contributed by atoms with Crippen molar-refractivity contribution in [1.29, 1.82) is 0 Å². The fourth-order valence-electron chi connectivity index (χ4n) is 3.27. The fraction of sp³-hybridized carbons (Fsp3) is 0.316. The number of para-hydroxylation sites is 1. The lowest BCUT2D eigenvalue weighted by Crippen LogP contribution is -2.21. The molecule has 5 nitrogen and oxygen atoms in total. The molecule has 0 spiro atoms. The van der Waals surface area contributed by atoms with Crippen LogP contribution in [-0.4, -0.2) is 22.5 Å². The van der Waals surface area contributed by atoms with Crippen LogP contribution in [0.1, 0.15) is 29.7 Å². The van der Waals surface area contributed by atoms with Gasteiger partial charge in [0.2, 0.25) is 5.88 Å². The number of aromatic nitrogens is 2. The van der Waals surface area contributed by atoms with E-state index in [1.165, 1.54) is 29.6 Å². The average molecular weight is 422 g/mol. The van der Waals surface area contributed by atoms with Gasteiger partial charge in [-0.3, -0.25) is 4.79 Å². The van der Waals surface area contributed by atoms with Crippen molar-refractivity contribution in [3.8, 4) is 5.88 Å². The first-order chi connectivity index (χ1) is 13.1. The number of nitrogens with zero attached hydrogens (tertiary/aromatic N) is 2. The molecule has 3 aromatic rings. The second-order valence-corrected chi connectivity index (χ2v) is 8.25. The highest BCUT2D eigenvalue weighted by Gasteiger charge is 2.20. The maximum absolute atomic E-state index is 12.3. The third-order valence-electron chi connectivity index (χ3n) is 4.53. The smallest absolute Gasteiger partial charge is 0.262 e. The molecule has 0 saturated heterocycles. The Kier molecular flexibility index (Phi) is 5.48. The third-order valence-corrected chi connectivity index (χ3v) is 6.36. The molecule has 1 aliphatic rings. The minimum absolute atomic E-state index is 0.182. The molecule has 0 aliphatic heterocycles. The fourth-order valence-corrected chi connectivity index (χ4v) is 4.99. The quantitative estimate of drug-likeness (QED) is 0.581. The SMILES string of the molecule is O=C(COc1ncnc2sc3c(c12)CCCCC3)Nc1c(Cl)cccc1Cl. The zero-order valence-electron chi connectivity index (χ0n) is 14.4. The number of aryl methyl sites for hydroxylation is 2. The molecule has 8 heteroatoms. The molecule has 0 fully saturated rings. The van der Waals surface area contributed by atoms with Crippen LogP contribution in [-0.2, 0) is 17.6 Å². The van der Waals surface area contributed by atoms with Crippen LogP contribution in [0, 0.1) is 0 Å². The summed E-state index contributed by atoms with van der Waals surface area (Å²) in [6.45, 7) is -0.182. The first-order valence-corrected chi connectivity index (χ1v) is 10.3. The average Bonchev–Trinajstić information content (AvgIpc) is 2.85. The van der Waals surface area contributed by atoms with Crippen molar-refractivity contribution < 1.29 is 9.53 Å². The first kappa shape index (κ1) is 18.5. The molecule has 1 aromatic carbocycles. The second-order valence-electron chi connectivity index (χ2n) is 6.36. The lowest BCUT2D eigenvalue weighted by Gasteiger charge is -2.10. The molecule has 4 rings (SSSR count). The standard InChI is InChI=1S/C19H17Cl2N3O2S/c20-12-6-4-7-13(21)17(12)24-15(25)9-26-18-16-11-5-2-1-3-8-14(11)27-19(16)23-10-22-18/h4,6-7,10H,1-3,5,8-9H2,(H,24,25). The van der Waals surface area contributed by atoms with E-state index in [1.807, 2.05) is 0 Å². The van der Waals surface area contributed by atoms with Crippen LogP contribution in [0.2, 0.25) is 10.0 Å². The number of hydrogen-bond donors (Lipinski definition) is 1. The van der Waals surface area contributed by atoms with Crippen LogP contribution in [0.25, 0.3) is 10.2 Å². The highest BCUT2D eigenvalue weighted by Crippen LogP contribution is 2.38. The van der Waals surface area contributed by atoms with Gasteiger partial charge in [0.1, 0.15) is 11.2 Å². The molecule has 1 amide bonds. The van der Waals surface area contributed by atoms with Gasteiger partial charge in [0.15, 0.2) is 6.61 Å². The van der Waals surface area contributed by atoms with Crippen molar-refractivity contribution in [1.82, 2.24) is 9.97 Å². The molecule has 0 unspecified atom stereocenters. The van der Waals surface area contributed by atoms with Crippen LogP contribution >= 0.6 is 34.5 Å². The van der Waals surface area contributed by atoms with Crippen molar-refractivity contribution in [3.63, 3.8) is 0 Å². The van der Waals surface area contributed by atoms with Crippen molar-refractivity contribution >= 4 is 56.3 Å². The number of fused-ring (bicyclic) bond motifs is 3. The maximum Gasteiger partial charge on any atom is 0.262 e. The van der Waals surface area contributed by atoms with Crippen molar-refractivity contribution in [2.24, 2.45) is 0 Å². The molecule has 1 N–H and O–H groups in total. The normalized spacial score (nSPS) is 13.9.